The summed E-state index contributed by atoms with van der Waals surface area (Å²) in [5.74, 6) is -0.875. The second-order valence-electron chi connectivity index (χ2n) is 13.2. The molecule has 4 aliphatic rings. The van der Waals surface area contributed by atoms with Gasteiger partial charge in [-0.15, -0.1) is 0 Å². The monoisotopic (exact) mass is 787 g/mol. The van der Waals surface area contributed by atoms with Crippen molar-refractivity contribution in [3.05, 3.63) is 62.5 Å². The maximum absolute atomic E-state index is 14.0. The number of carbonyl (C=O) groups is 4. The van der Waals surface area contributed by atoms with Crippen LogP contribution in [0.1, 0.15) is 36.8 Å². The number of piperidine rings is 2. The Balaban J connectivity index is 1.05. The topological polar surface area (TPSA) is 129 Å². The summed E-state index contributed by atoms with van der Waals surface area (Å²) in [6.07, 6.45) is 3.39. The van der Waals surface area contributed by atoms with Crippen LogP contribution in [0.2, 0.25) is 0 Å². The lowest BCUT2D eigenvalue weighted by Crippen LogP contribution is -2.58. The van der Waals surface area contributed by atoms with Gasteiger partial charge in [-0.25, -0.2) is 9.59 Å². The number of carboxylic acid groups (broad SMARTS) is 1. The second kappa shape index (κ2) is 15.6. The van der Waals surface area contributed by atoms with E-state index in [1.165, 1.54) is 0 Å². The Bertz CT molecular complexity index is 1500. The van der Waals surface area contributed by atoms with Crippen molar-refractivity contribution in [3.8, 4) is 0 Å². The van der Waals surface area contributed by atoms with Crippen molar-refractivity contribution < 1.29 is 24.3 Å². The molecule has 6 rings (SSSR count). The Labute approximate surface area is 298 Å². The molecule has 3 N–H and O–H groups in total. The number of aliphatic carboxylic acids is 1. The van der Waals surface area contributed by atoms with Crippen molar-refractivity contribution in [3.63, 3.8) is 0 Å². The third kappa shape index (κ3) is 8.32. The number of hydrogen-bond acceptors (Lipinski definition) is 6. The van der Waals surface area contributed by atoms with Crippen molar-refractivity contribution in [1.82, 2.24) is 29.8 Å². The number of benzene rings is 2. The third-order valence-electron chi connectivity index (χ3n) is 10.1. The van der Waals surface area contributed by atoms with Crippen LogP contribution >= 0.6 is 31.9 Å². The van der Waals surface area contributed by atoms with E-state index in [9.17, 15) is 19.2 Å². The van der Waals surface area contributed by atoms with Gasteiger partial charge in [0.1, 0.15) is 6.04 Å². The highest BCUT2D eigenvalue weighted by molar-refractivity contribution is 9.13. The molecule has 0 aliphatic carbocycles. The fourth-order valence-electron chi connectivity index (χ4n) is 7.39. The summed E-state index contributed by atoms with van der Waals surface area (Å²) in [5, 5.41) is 15.2. The molecule has 0 radical (unpaired) electrons. The number of halogens is 2. The van der Waals surface area contributed by atoms with Crippen LogP contribution in [0, 0.1) is 0 Å². The van der Waals surface area contributed by atoms with Gasteiger partial charge in [0.15, 0.2) is 0 Å². The van der Waals surface area contributed by atoms with Gasteiger partial charge in [-0.3, -0.25) is 19.4 Å². The molecule has 0 aromatic heterocycles. The zero-order chi connectivity index (χ0) is 33.8. The SMILES string of the molecule is O=C(O)CN1CCN(C2CCN(C(=O)C(Cc3ccc(Br)c(Br)c3)NC(=O)N3CCC(N4Cc5ccccc5NC4=O)CC3)CC2)CC1. The zero-order valence-electron chi connectivity index (χ0n) is 27.0. The minimum Gasteiger partial charge on any atom is -0.480 e. The summed E-state index contributed by atoms with van der Waals surface area (Å²) in [5.41, 5.74) is 2.87. The van der Waals surface area contributed by atoms with E-state index >= 15 is 0 Å². The van der Waals surface area contributed by atoms with Gasteiger partial charge in [-0.1, -0.05) is 24.3 Å². The largest absolute Gasteiger partial charge is 0.480 e. The molecule has 0 bridgehead atoms. The highest BCUT2D eigenvalue weighted by atomic mass is 79.9. The van der Waals surface area contributed by atoms with Crippen LogP contribution in [0.3, 0.4) is 0 Å². The van der Waals surface area contributed by atoms with E-state index in [1.54, 1.807) is 4.90 Å². The van der Waals surface area contributed by atoms with Crippen molar-refractivity contribution in [1.29, 1.82) is 0 Å². The number of rotatable bonds is 8. The molecule has 0 spiro atoms. The van der Waals surface area contributed by atoms with Crippen LogP contribution in [0.25, 0.3) is 0 Å². The Hall–Kier alpha value is -3.20. The van der Waals surface area contributed by atoms with Crippen molar-refractivity contribution in [2.24, 2.45) is 0 Å². The van der Waals surface area contributed by atoms with Crippen LogP contribution in [0.15, 0.2) is 51.4 Å². The van der Waals surface area contributed by atoms with Gasteiger partial charge < -0.3 is 30.4 Å². The summed E-state index contributed by atoms with van der Waals surface area (Å²) in [4.78, 5) is 61.6. The summed E-state index contributed by atoms with van der Waals surface area (Å²) in [6.45, 7) is 5.97. The molecule has 3 fully saturated rings. The number of para-hydroxylation sites is 1. The molecule has 12 nitrogen and oxygen atoms in total. The molecule has 258 valence electrons. The molecule has 14 heteroatoms. The highest BCUT2D eigenvalue weighted by Gasteiger charge is 2.36. The lowest BCUT2D eigenvalue weighted by atomic mass is 9.99. The first-order valence-electron chi connectivity index (χ1n) is 16.8. The number of fused-ring (bicyclic) bond motifs is 1. The molecule has 1 atom stereocenters. The molecular formula is C34H43Br2N7O5. The van der Waals surface area contributed by atoms with E-state index in [0.29, 0.717) is 58.0 Å². The van der Waals surface area contributed by atoms with Crippen LogP contribution < -0.4 is 10.6 Å². The number of amides is 5. The van der Waals surface area contributed by atoms with Gasteiger partial charge in [0.25, 0.3) is 0 Å². The quantitative estimate of drug-likeness (QED) is 0.369. The van der Waals surface area contributed by atoms with Crippen molar-refractivity contribution in [2.45, 2.75) is 56.8 Å². The Morgan fingerprint density at radius 2 is 1.52 bits per heavy atom. The highest BCUT2D eigenvalue weighted by Crippen LogP contribution is 2.28. The van der Waals surface area contributed by atoms with E-state index in [2.05, 4.69) is 47.4 Å². The number of likely N-dealkylation sites (tertiary alicyclic amines) is 2. The third-order valence-corrected chi connectivity index (χ3v) is 12.0. The molecule has 5 amide bonds. The average Bonchev–Trinajstić information content (AvgIpc) is 3.09. The first kappa shape index (κ1) is 34.7. The minimum atomic E-state index is -0.796. The summed E-state index contributed by atoms with van der Waals surface area (Å²) >= 11 is 7.08. The van der Waals surface area contributed by atoms with Gasteiger partial charge in [0, 0.05) is 92.0 Å². The predicted molar refractivity (Wildman–Crippen MR) is 189 cm³/mol. The fraction of sp³-hybridized carbons (Fsp3) is 0.529. The molecule has 0 saturated carbocycles. The van der Waals surface area contributed by atoms with Gasteiger partial charge in [-0.2, -0.15) is 0 Å². The van der Waals surface area contributed by atoms with Crippen LogP contribution in [0.5, 0.6) is 0 Å². The van der Waals surface area contributed by atoms with E-state index < -0.39 is 12.0 Å². The van der Waals surface area contributed by atoms with Gasteiger partial charge in [0.05, 0.1) is 6.54 Å². The number of nitrogens with one attached hydrogen (secondary N) is 2. The van der Waals surface area contributed by atoms with E-state index in [4.69, 9.17) is 5.11 Å². The maximum Gasteiger partial charge on any atom is 0.322 e. The molecular weight excluding hydrogens is 746 g/mol. The average molecular weight is 790 g/mol. The number of anilines is 1. The lowest BCUT2D eigenvalue weighted by Gasteiger charge is -2.43. The first-order valence-corrected chi connectivity index (χ1v) is 18.3. The van der Waals surface area contributed by atoms with Gasteiger partial charge in [0.2, 0.25) is 5.91 Å². The number of piperazine rings is 1. The number of carbonyl (C=O) groups excluding carboxylic acids is 3. The smallest absolute Gasteiger partial charge is 0.322 e. The molecule has 3 saturated heterocycles. The van der Waals surface area contributed by atoms with Crippen LogP contribution in [-0.4, -0.2) is 131 Å². The number of carboxylic acids is 1. The van der Waals surface area contributed by atoms with E-state index in [-0.39, 0.29) is 30.6 Å². The fourth-order valence-corrected chi connectivity index (χ4v) is 8.06. The van der Waals surface area contributed by atoms with Crippen LogP contribution in [-0.2, 0) is 22.6 Å². The van der Waals surface area contributed by atoms with Crippen LogP contribution in [0.4, 0.5) is 15.3 Å². The molecule has 2 aromatic rings. The molecule has 48 heavy (non-hydrogen) atoms. The maximum atomic E-state index is 14.0. The zero-order valence-corrected chi connectivity index (χ0v) is 30.1. The first-order chi connectivity index (χ1) is 23.1. The summed E-state index contributed by atoms with van der Waals surface area (Å²) < 4.78 is 1.80. The number of urea groups is 2. The Morgan fingerprint density at radius 3 is 2.21 bits per heavy atom. The number of hydrogen-bond donors (Lipinski definition) is 3. The number of nitrogens with zero attached hydrogens (tertiary/aromatic N) is 5. The van der Waals surface area contributed by atoms with Crippen molar-refractivity contribution in [2.75, 3.05) is 64.2 Å². The molecule has 1 unspecified atom stereocenters. The second-order valence-corrected chi connectivity index (χ2v) is 14.9. The molecule has 2 aromatic carbocycles. The van der Waals surface area contributed by atoms with E-state index in [1.807, 2.05) is 57.2 Å². The molecule has 4 aliphatic heterocycles. The standard InChI is InChI=1S/C34H43Br2N7O5/c35-27-6-5-23(19-28(27)36)20-30(32(46)41-11-7-25(8-12-41)40-17-15-39(16-18-40)22-31(44)45)38-33(47)42-13-9-26(10-14-42)43-21-24-3-1-2-4-29(24)37-34(43)48/h1-6,19,25-26,30H,7-18,20-22H2,(H,37,48)(H,38,47)(H,44,45). The normalized spacial score (nSPS) is 20.6. The van der Waals surface area contributed by atoms with E-state index in [0.717, 1.165) is 64.8 Å². The van der Waals surface area contributed by atoms with Gasteiger partial charge >= 0.3 is 18.0 Å². The summed E-state index contributed by atoms with van der Waals surface area (Å²) in [6, 6.07) is 13.0. The predicted octanol–water partition coefficient (Wildman–Crippen LogP) is 4.04. The Morgan fingerprint density at radius 1 is 0.854 bits per heavy atom. The van der Waals surface area contributed by atoms with Gasteiger partial charge in [-0.05, 0) is 86.9 Å². The Kier molecular flexibility index (Phi) is 11.2. The minimum absolute atomic E-state index is 0.0291. The summed E-state index contributed by atoms with van der Waals surface area (Å²) in [7, 11) is 0. The lowest BCUT2D eigenvalue weighted by molar-refractivity contribution is -0.138. The molecule has 4 heterocycles. The van der Waals surface area contributed by atoms with Crippen molar-refractivity contribution >= 4 is 61.5 Å².